The Morgan fingerprint density at radius 2 is 1.63 bits per heavy atom. The van der Waals surface area contributed by atoms with Crippen LogP contribution >= 0.6 is 0 Å². The second-order valence-corrected chi connectivity index (χ2v) is 5.33. The number of carbonyl (C=O) groups excluding carboxylic acids is 1. The van der Waals surface area contributed by atoms with Crippen molar-refractivity contribution in [2.45, 2.75) is 44.3 Å². The van der Waals surface area contributed by atoms with Gasteiger partial charge in [0.2, 0.25) is 0 Å². The molecule has 0 unspecified atom stereocenters. The summed E-state index contributed by atoms with van der Waals surface area (Å²) in [5.74, 6) is -4.26. The summed E-state index contributed by atoms with van der Waals surface area (Å²) in [6.07, 6.45) is -0.786. The van der Waals surface area contributed by atoms with Crippen LogP contribution in [0.15, 0.2) is 0 Å². The van der Waals surface area contributed by atoms with Gasteiger partial charge in [0.05, 0.1) is 5.92 Å². The molecule has 4 atom stereocenters. The van der Waals surface area contributed by atoms with E-state index in [0.717, 1.165) is 25.7 Å². The molecule has 2 rings (SSSR count). The number of aliphatic carboxylic acids is 1. The molecule has 2 N–H and O–H groups in total. The van der Waals surface area contributed by atoms with Gasteiger partial charge >= 0.3 is 18.1 Å². The van der Waals surface area contributed by atoms with Gasteiger partial charge in [-0.05, 0) is 24.7 Å². The van der Waals surface area contributed by atoms with E-state index < -0.39 is 30.0 Å². The van der Waals surface area contributed by atoms with Gasteiger partial charge in [-0.2, -0.15) is 13.2 Å². The monoisotopic (exact) mass is 279 g/mol. The van der Waals surface area contributed by atoms with Crippen molar-refractivity contribution in [3.8, 4) is 0 Å². The maximum absolute atomic E-state index is 12.2. The molecule has 2 aliphatic rings. The first-order chi connectivity index (χ1) is 8.82. The van der Waals surface area contributed by atoms with Crippen molar-refractivity contribution in [1.82, 2.24) is 5.32 Å². The molecule has 108 valence electrons. The summed E-state index contributed by atoms with van der Waals surface area (Å²) in [6, 6.07) is -0.880. The predicted molar refractivity (Wildman–Crippen MR) is 59.2 cm³/mol. The Kier molecular flexibility index (Phi) is 3.73. The summed E-state index contributed by atoms with van der Waals surface area (Å²) in [4.78, 5) is 22.1. The van der Waals surface area contributed by atoms with Crippen molar-refractivity contribution in [2.75, 3.05) is 0 Å². The Bertz CT molecular complexity index is 383. The normalized spacial score (nSPS) is 34.7. The van der Waals surface area contributed by atoms with Crippen molar-refractivity contribution in [2.24, 2.45) is 17.8 Å². The Hall–Kier alpha value is -1.27. The second kappa shape index (κ2) is 5.02. The van der Waals surface area contributed by atoms with Gasteiger partial charge < -0.3 is 10.4 Å². The highest BCUT2D eigenvalue weighted by Gasteiger charge is 2.56. The van der Waals surface area contributed by atoms with Crippen molar-refractivity contribution in [3.63, 3.8) is 0 Å². The molecule has 7 heteroatoms. The number of fused-ring (bicyclic) bond motifs is 1. The summed E-state index contributed by atoms with van der Waals surface area (Å²) in [6.45, 7) is 0. The molecule has 2 aliphatic carbocycles. The lowest BCUT2D eigenvalue weighted by Crippen LogP contribution is -2.63. The second-order valence-electron chi connectivity index (χ2n) is 5.33. The van der Waals surface area contributed by atoms with Crippen LogP contribution in [0.1, 0.15) is 32.1 Å². The van der Waals surface area contributed by atoms with Crippen LogP contribution in [0.25, 0.3) is 0 Å². The average Bonchev–Trinajstić information content (AvgIpc) is 2.46. The van der Waals surface area contributed by atoms with Crippen LogP contribution in [-0.2, 0) is 9.59 Å². The van der Waals surface area contributed by atoms with Crippen LogP contribution < -0.4 is 5.32 Å². The minimum atomic E-state index is -4.96. The fourth-order valence-electron chi connectivity index (χ4n) is 3.41. The maximum atomic E-state index is 12.2. The zero-order valence-corrected chi connectivity index (χ0v) is 10.2. The highest BCUT2D eigenvalue weighted by atomic mass is 19.4. The van der Waals surface area contributed by atoms with Gasteiger partial charge in [0.25, 0.3) is 0 Å². The largest absolute Gasteiger partial charge is 0.481 e. The number of hydrogen-bond acceptors (Lipinski definition) is 2. The zero-order valence-electron chi connectivity index (χ0n) is 10.2. The molecule has 0 spiro atoms. The van der Waals surface area contributed by atoms with Crippen LogP contribution in [0.3, 0.4) is 0 Å². The molecule has 4 nitrogen and oxygen atoms in total. The lowest BCUT2D eigenvalue weighted by molar-refractivity contribution is -0.179. The number of hydrogen-bond donors (Lipinski definition) is 2. The molecule has 0 aromatic rings. The molecule has 0 heterocycles. The first-order valence-corrected chi connectivity index (χ1v) is 6.43. The number of carbonyl (C=O) groups is 2. The first kappa shape index (κ1) is 14.1. The van der Waals surface area contributed by atoms with Gasteiger partial charge in [0.1, 0.15) is 0 Å². The molecule has 0 bridgehead atoms. The molecular weight excluding hydrogens is 263 g/mol. The van der Waals surface area contributed by atoms with Gasteiger partial charge in [-0.15, -0.1) is 0 Å². The Morgan fingerprint density at radius 3 is 2.16 bits per heavy atom. The minimum absolute atomic E-state index is 0.0986. The SMILES string of the molecule is O=C(O)[C@H]1[C@H]2CCCCC[C@H]2[C@H]1NC(=O)C(F)(F)F. The van der Waals surface area contributed by atoms with E-state index in [1.807, 2.05) is 5.32 Å². The highest BCUT2D eigenvalue weighted by molar-refractivity contribution is 5.83. The third-order valence-corrected chi connectivity index (χ3v) is 4.27. The Morgan fingerprint density at radius 1 is 1.05 bits per heavy atom. The molecule has 19 heavy (non-hydrogen) atoms. The first-order valence-electron chi connectivity index (χ1n) is 6.43. The standard InChI is InChI=1S/C12H16F3NO3/c13-12(14,15)11(19)16-9-7-5-3-1-2-4-6(7)8(9)10(17)18/h6-9H,1-5H2,(H,16,19)(H,17,18)/t6-,7+,8-,9+/m0/s1. The van der Waals surface area contributed by atoms with E-state index in [-0.39, 0.29) is 11.8 Å². The number of halogens is 3. The number of carboxylic acid groups (broad SMARTS) is 1. The lowest BCUT2D eigenvalue weighted by Gasteiger charge is -2.49. The predicted octanol–water partition coefficient (Wildman–Crippen LogP) is 1.94. The van der Waals surface area contributed by atoms with E-state index in [1.54, 1.807) is 0 Å². The molecule has 0 aliphatic heterocycles. The summed E-state index contributed by atoms with van der Waals surface area (Å²) in [5.41, 5.74) is 0. The summed E-state index contributed by atoms with van der Waals surface area (Å²) in [5, 5.41) is 11.0. The smallest absolute Gasteiger partial charge is 0.471 e. The van der Waals surface area contributed by atoms with E-state index in [2.05, 4.69) is 0 Å². The number of amides is 1. The van der Waals surface area contributed by atoms with Gasteiger partial charge in [0, 0.05) is 6.04 Å². The average molecular weight is 279 g/mol. The van der Waals surface area contributed by atoms with Gasteiger partial charge in [-0.1, -0.05) is 19.3 Å². The van der Waals surface area contributed by atoms with Crippen molar-refractivity contribution >= 4 is 11.9 Å². The molecule has 0 saturated heterocycles. The van der Waals surface area contributed by atoms with E-state index >= 15 is 0 Å². The van der Waals surface area contributed by atoms with E-state index in [0.29, 0.717) is 6.42 Å². The molecule has 0 radical (unpaired) electrons. The molecular formula is C12H16F3NO3. The molecule has 2 fully saturated rings. The number of carboxylic acids is 1. The molecule has 1 amide bonds. The van der Waals surface area contributed by atoms with E-state index in [1.165, 1.54) is 0 Å². The molecule has 0 aromatic heterocycles. The van der Waals surface area contributed by atoms with Crippen molar-refractivity contribution in [1.29, 1.82) is 0 Å². The van der Waals surface area contributed by atoms with Crippen LogP contribution in [0.4, 0.5) is 13.2 Å². The molecule has 2 saturated carbocycles. The maximum Gasteiger partial charge on any atom is 0.471 e. The van der Waals surface area contributed by atoms with Crippen molar-refractivity contribution in [3.05, 3.63) is 0 Å². The number of alkyl halides is 3. The number of nitrogens with one attached hydrogen (secondary N) is 1. The lowest BCUT2D eigenvalue weighted by atomic mass is 9.58. The summed E-state index contributed by atoms with van der Waals surface area (Å²) in [7, 11) is 0. The summed E-state index contributed by atoms with van der Waals surface area (Å²) >= 11 is 0. The van der Waals surface area contributed by atoms with Gasteiger partial charge in [-0.25, -0.2) is 0 Å². The van der Waals surface area contributed by atoms with E-state index in [4.69, 9.17) is 5.11 Å². The topological polar surface area (TPSA) is 66.4 Å². The van der Waals surface area contributed by atoms with Crippen molar-refractivity contribution < 1.29 is 27.9 Å². The van der Waals surface area contributed by atoms with Crippen LogP contribution in [0.5, 0.6) is 0 Å². The molecule has 0 aromatic carbocycles. The zero-order chi connectivity index (χ0) is 14.2. The number of rotatable bonds is 2. The Balaban J connectivity index is 2.09. The Labute approximate surface area is 108 Å². The summed E-state index contributed by atoms with van der Waals surface area (Å²) < 4.78 is 36.7. The highest BCUT2D eigenvalue weighted by Crippen LogP contribution is 2.48. The third-order valence-electron chi connectivity index (χ3n) is 4.27. The quantitative estimate of drug-likeness (QED) is 0.812. The minimum Gasteiger partial charge on any atom is -0.481 e. The fraction of sp³-hybridized carbons (Fsp3) is 0.833. The van der Waals surface area contributed by atoms with Crippen LogP contribution in [-0.4, -0.2) is 29.2 Å². The third kappa shape index (κ3) is 2.69. The van der Waals surface area contributed by atoms with E-state index in [9.17, 15) is 22.8 Å². The fourth-order valence-corrected chi connectivity index (χ4v) is 3.41. The van der Waals surface area contributed by atoms with Crippen LogP contribution in [0.2, 0.25) is 0 Å². The van der Waals surface area contributed by atoms with Gasteiger partial charge in [0.15, 0.2) is 0 Å². The van der Waals surface area contributed by atoms with Gasteiger partial charge in [-0.3, -0.25) is 9.59 Å². The van der Waals surface area contributed by atoms with Crippen LogP contribution in [0, 0.1) is 17.8 Å².